The van der Waals surface area contributed by atoms with E-state index in [-0.39, 0.29) is 16.7 Å². The van der Waals surface area contributed by atoms with Gasteiger partial charge in [0, 0.05) is 6.42 Å². The van der Waals surface area contributed by atoms with Crippen LogP contribution in [0.25, 0.3) is 11.0 Å². The summed E-state index contributed by atoms with van der Waals surface area (Å²) in [7, 11) is 0. The van der Waals surface area contributed by atoms with Gasteiger partial charge in [0.2, 0.25) is 0 Å². The Morgan fingerprint density at radius 1 is 1.12 bits per heavy atom. The topological polar surface area (TPSA) is 147 Å². The molecule has 5 atom stereocenters. The van der Waals surface area contributed by atoms with Gasteiger partial charge in [-0.25, -0.2) is 9.37 Å². The summed E-state index contributed by atoms with van der Waals surface area (Å²) in [6.45, 7) is 1.21. The SMILES string of the molecule is CC(O)[C@@H](O)[C@@H](O)[C@H](O)[C@H](O)Cc1nc2ccc(F)cc2[nH]c1=O. The number of aliphatic hydroxyl groups excluding tert-OH is 5. The average molecular weight is 342 g/mol. The summed E-state index contributed by atoms with van der Waals surface area (Å²) < 4.78 is 13.1. The van der Waals surface area contributed by atoms with Gasteiger partial charge < -0.3 is 30.5 Å². The van der Waals surface area contributed by atoms with Gasteiger partial charge in [0.15, 0.2) is 0 Å². The predicted molar refractivity (Wildman–Crippen MR) is 81.7 cm³/mol. The van der Waals surface area contributed by atoms with Gasteiger partial charge in [0.25, 0.3) is 5.56 Å². The highest BCUT2D eigenvalue weighted by atomic mass is 19.1. The predicted octanol–water partition coefficient (Wildman–Crippen LogP) is -1.57. The van der Waals surface area contributed by atoms with Crippen molar-refractivity contribution < 1.29 is 29.9 Å². The first-order valence-electron chi connectivity index (χ1n) is 7.29. The minimum Gasteiger partial charge on any atom is -0.391 e. The maximum absolute atomic E-state index is 13.1. The fraction of sp³-hybridized carbons (Fsp3) is 0.467. The quantitative estimate of drug-likeness (QED) is 0.372. The zero-order chi connectivity index (χ0) is 18.0. The third kappa shape index (κ3) is 3.94. The zero-order valence-electron chi connectivity index (χ0n) is 12.8. The van der Waals surface area contributed by atoms with Crippen LogP contribution >= 0.6 is 0 Å². The molecule has 0 aliphatic rings. The molecule has 9 heteroatoms. The summed E-state index contributed by atoms with van der Waals surface area (Å²) in [5.41, 5.74) is -0.329. The summed E-state index contributed by atoms with van der Waals surface area (Å²) in [6.07, 6.45) is -8.62. The molecule has 6 N–H and O–H groups in total. The van der Waals surface area contributed by atoms with E-state index in [1.807, 2.05) is 0 Å². The van der Waals surface area contributed by atoms with Crippen molar-refractivity contribution >= 4 is 11.0 Å². The van der Waals surface area contributed by atoms with Gasteiger partial charge in [0.05, 0.1) is 23.2 Å². The fourth-order valence-electron chi connectivity index (χ4n) is 2.27. The molecule has 1 aromatic heterocycles. The first-order valence-corrected chi connectivity index (χ1v) is 7.29. The van der Waals surface area contributed by atoms with Crippen LogP contribution < -0.4 is 5.56 Å². The lowest BCUT2D eigenvalue weighted by molar-refractivity contribution is -0.130. The lowest BCUT2D eigenvalue weighted by Gasteiger charge is -2.27. The van der Waals surface area contributed by atoms with Gasteiger partial charge in [-0.05, 0) is 25.1 Å². The van der Waals surface area contributed by atoms with Crippen molar-refractivity contribution in [1.82, 2.24) is 9.97 Å². The van der Waals surface area contributed by atoms with E-state index in [0.29, 0.717) is 0 Å². The monoisotopic (exact) mass is 342 g/mol. The first kappa shape index (κ1) is 18.4. The van der Waals surface area contributed by atoms with Crippen LogP contribution in [0.15, 0.2) is 23.0 Å². The normalized spacial score (nSPS) is 18.1. The molecule has 8 nitrogen and oxygen atoms in total. The maximum atomic E-state index is 13.1. The van der Waals surface area contributed by atoms with Crippen LogP contribution in [-0.2, 0) is 6.42 Å². The van der Waals surface area contributed by atoms with E-state index in [9.17, 15) is 34.7 Å². The molecule has 0 aliphatic carbocycles. The second kappa shape index (κ2) is 7.32. The molecule has 0 fully saturated rings. The Morgan fingerprint density at radius 3 is 2.42 bits per heavy atom. The molecule has 132 valence electrons. The molecule has 1 aromatic carbocycles. The van der Waals surface area contributed by atoms with Crippen molar-refractivity contribution in [1.29, 1.82) is 0 Å². The second-order valence-electron chi connectivity index (χ2n) is 5.66. The molecule has 0 amide bonds. The Labute approximate surface area is 135 Å². The van der Waals surface area contributed by atoms with Crippen LogP contribution in [0.5, 0.6) is 0 Å². The van der Waals surface area contributed by atoms with Gasteiger partial charge in [-0.3, -0.25) is 4.79 Å². The summed E-state index contributed by atoms with van der Waals surface area (Å²) in [5.74, 6) is -0.543. The number of hydrogen-bond donors (Lipinski definition) is 6. The van der Waals surface area contributed by atoms with Crippen molar-refractivity contribution in [3.05, 3.63) is 40.1 Å². The molecule has 2 rings (SSSR count). The minimum absolute atomic E-state index is 0.126. The molecule has 0 spiro atoms. The number of H-pyrrole nitrogens is 1. The van der Waals surface area contributed by atoms with Crippen LogP contribution in [0.1, 0.15) is 12.6 Å². The summed E-state index contributed by atoms with van der Waals surface area (Å²) >= 11 is 0. The third-order valence-electron chi connectivity index (χ3n) is 3.72. The number of aromatic nitrogens is 2. The Bertz CT molecular complexity index is 765. The van der Waals surface area contributed by atoms with E-state index in [0.717, 1.165) is 12.1 Å². The van der Waals surface area contributed by atoms with E-state index in [1.54, 1.807) is 0 Å². The van der Waals surface area contributed by atoms with Gasteiger partial charge in [0.1, 0.15) is 29.8 Å². The lowest BCUT2D eigenvalue weighted by atomic mass is 9.97. The van der Waals surface area contributed by atoms with Gasteiger partial charge in [-0.15, -0.1) is 0 Å². The molecule has 1 heterocycles. The number of aromatic amines is 1. The molecule has 0 radical (unpaired) electrons. The highest BCUT2D eigenvalue weighted by Gasteiger charge is 2.33. The van der Waals surface area contributed by atoms with E-state index in [1.165, 1.54) is 13.0 Å². The standard InChI is InChI=1S/C15H19FN2O6/c1-6(19)12(21)14(23)13(22)11(20)5-10-15(24)18-9-4-7(16)2-3-8(9)17-10/h2-4,6,11-14,19-23H,5H2,1H3,(H,18,24)/t6?,11-,12-,13-,14-/m1/s1. The van der Waals surface area contributed by atoms with E-state index >= 15 is 0 Å². The number of aliphatic hydroxyl groups is 5. The molecule has 0 saturated heterocycles. The van der Waals surface area contributed by atoms with Crippen LogP contribution in [0, 0.1) is 5.82 Å². The van der Waals surface area contributed by atoms with E-state index < -0.39 is 48.3 Å². The molecular weight excluding hydrogens is 323 g/mol. The fourth-order valence-corrected chi connectivity index (χ4v) is 2.27. The maximum Gasteiger partial charge on any atom is 0.270 e. The molecule has 1 unspecified atom stereocenters. The summed E-state index contributed by atoms with van der Waals surface area (Å²) in [5, 5.41) is 48.2. The van der Waals surface area contributed by atoms with Crippen molar-refractivity contribution in [2.24, 2.45) is 0 Å². The van der Waals surface area contributed by atoms with Gasteiger partial charge >= 0.3 is 0 Å². The molecule has 0 aliphatic heterocycles. The van der Waals surface area contributed by atoms with E-state index in [2.05, 4.69) is 9.97 Å². The highest BCUT2D eigenvalue weighted by Crippen LogP contribution is 2.13. The van der Waals surface area contributed by atoms with Crippen LogP contribution in [0.3, 0.4) is 0 Å². The average Bonchev–Trinajstić information content (AvgIpc) is 2.53. The lowest BCUT2D eigenvalue weighted by Crippen LogP contribution is -2.49. The number of rotatable bonds is 6. The smallest absolute Gasteiger partial charge is 0.270 e. The Morgan fingerprint density at radius 2 is 1.79 bits per heavy atom. The summed E-state index contributed by atoms with van der Waals surface area (Å²) in [6, 6.07) is 3.60. The Kier molecular flexibility index (Phi) is 5.62. The van der Waals surface area contributed by atoms with Crippen LogP contribution in [0.2, 0.25) is 0 Å². The van der Waals surface area contributed by atoms with Crippen molar-refractivity contribution in [2.45, 2.75) is 43.9 Å². The minimum atomic E-state index is -1.81. The number of hydrogen-bond acceptors (Lipinski definition) is 7. The van der Waals surface area contributed by atoms with Crippen molar-refractivity contribution in [3.63, 3.8) is 0 Å². The molecule has 0 bridgehead atoms. The zero-order valence-corrected chi connectivity index (χ0v) is 12.8. The number of benzene rings is 1. The number of halogens is 1. The van der Waals surface area contributed by atoms with Crippen molar-refractivity contribution in [2.75, 3.05) is 0 Å². The third-order valence-corrected chi connectivity index (χ3v) is 3.72. The van der Waals surface area contributed by atoms with Crippen LogP contribution in [-0.4, -0.2) is 66.0 Å². The van der Waals surface area contributed by atoms with Crippen LogP contribution in [0.4, 0.5) is 4.39 Å². The highest BCUT2D eigenvalue weighted by molar-refractivity contribution is 5.73. The first-order chi connectivity index (χ1) is 11.2. The molecular formula is C15H19FN2O6. The Balaban J connectivity index is 2.21. The van der Waals surface area contributed by atoms with Gasteiger partial charge in [-0.1, -0.05) is 0 Å². The van der Waals surface area contributed by atoms with Crippen molar-refractivity contribution in [3.8, 4) is 0 Å². The summed E-state index contributed by atoms with van der Waals surface area (Å²) in [4.78, 5) is 18.3. The van der Waals surface area contributed by atoms with E-state index in [4.69, 9.17) is 0 Å². The Hall–Kier alpha value is -1.91. The molecule has 24 heavy (non-hydrogen) atoms. The molecule has 2 aromatic rings. The largest absolute Gasteiger partial charge is 0.391 e. The number of fused-ring (bicyclic) bond motifs is 1. The van der Waals surface area contributed by atoms with Gasteiger partial charge in [-0.2, -0.15) is 0 Å². The second-order valence-corrected chi connectivity index (χ2v) is 5.66. The number of nitrogens with one attached hydrogen (secondary N) is 1. The number of nitrogens with zero attached hydrogens (tertiary/aromatic N) is 1. The molecule has 0 saturated carbocycles.